The summed E-state index contributed by atoms with van der Waals surface area (Å²) in [7, 11) is 0. The number of amides is 3. The molecule has 0 saturated heterocycles. The van der Waals surface area contributed by atoms with E-state index in [1.54, 1.807) is 23.7 Å². The quantitative estimate of drug-likeness (QED) is 0.378. The van der Waals surface area contributed by atoms with Crippen LogP contribution in [0.15, 0.2) is 58.7 Å². The smallest absolute Gasteiger partial charge is 0.247 e. The topological polar surface area (TPSA) is 105 Å². The van der Waals surface area contributed by atoms with Crippen LogP contribution in [0.3, 0.4) is 0 Å². The molecule has 0 saturated carbocycles. The van der Waals surface area contributed by atoms with E-state index in [9.17, 15) is 14.4 Å². The molecule has 0 unspecified atom stereocenters. The Kier molecular flexibility index (Phi) is 9.60. The second kappa shape index (κ2) is 12.9. The Labute approximate surface area is 209 Å². The molecule has 2 aromatic heterocycles. The van der Waals surface area contributed by atoms with Crippen LogP contribution in [-0.2, 0) is 20.9 Å². The molecule has 186 valence electrons. The summed E-state index contributed by atoms with van der Waals surface area (Å²) < 4.78 is 5.50. The van der Waals surface area contributed by atoms with Gasteiger partial charge >= 0.3 is 0 Å². The van der Waals surface area contributed by atoms with E-state index in [0.29, 0.717) is 28.9 Å². The number of carbonyl (C=O) groups excluding carboxylic acids is 3. The summed E-state index contributed by atoms with van der Waals surface area (Å²) in [6.07, 6.45) is 3.88. The minimum absolute atomic E-state index is 0.0251. The summed E-state index contributed by atoms with van der Waals surface area (Å²) in [5.74, 6) is 0.101. The lowest BCUT2D eigenvalue weighted by Gasteiger charge is -2.31. The Hall–Kier alpha value is -3.46. The molecule has 2 N–H and O–H groups in total. The predicted molar refractivity (Wildman–Crippen MR) is 136 cm³/mol. The molecule has 8 nitrogen and oxygen atoms in total. The van der Waals surface area contributed by atoms with Gasteiger partial charge in [-0.25, -0.2) is 4.98 Å². The molecule has 1 atom stereocenters. The number of aryl methyl sites for hydroxylation is 1. The standard InChI is InChI=1S/C26H32N4O4S/c1-18(2)12-13-27-25(33)24(20-8-6-19(3)7-9-20)30(17-21-5-4-15-34-21)23(32)11-10-22(31)29-26-28-14-16-35-26/h4-9,14-16,18,24H,10-13,17H2,1-3H3,(H,27,33)(H,28,29,31)/t24-/m0/s1. The van der Waals surface area contributed by atoms with Crippen molar-refractivity contribution >= 4 is 34.2 Å². The monoisotopic (exact) mass is 496 g/mol. The van der Waals surface area contributed by atoms with Crippen LogP contribution in [0.25, 0.3) is 0 Å². The largest absolute Gasteiger partial charge is 0.467 e. The number of benzene rings is 1. The average molecular weight is 497 g/mol. The zero-order chi connectivity index (χ0) is 25.2. The minimum atomic E-state index is -0.859. The Morgan fingerprint density at radius 2 is 1.89 bits per heavy atom. The predicted octanol–water partition coefficient (Wildman–Crippen LogP) is 4.70. The lowest BCUT2D eigenvalue weighted by Crippen LogP contribution is -2.44. The molecule has 3 rings (SSSR count). The fourth-order valence-corrected chi connectivity index (χ4v) is 4.07. The van der Waals surface area contributed by atoms with Crippen molar-refractivity contribution in [2.45, 2.75) is 52.6 Å². The number of nitrogens with zero attached hydrogens (tertiary/aromatic N) is 2. The molecular formula is C26H32N4O4S. The molecule has 35 heavy (non-hydrogen) atoms. The second-order valence-corrected chi connectivity index (χ2v) is 9.67. The first-order valence-corrected chi connectivity index (χ1v) is 12.6. The third kappa shape index (κ3) is 8.06. The maximum absolute atomic E-state index is 13.5. The van der Waals surface area contributed by atoms with Gasteiger partial charge in [0.25, 0.3) is 0 Å². The molecule has 0 aliphatic rings. The number of aromatic nitrogens is 1. The zero-order valence-electron chi connectivity index (χ0n) is 20.3. The van der Waals surface area contributed by atoms with E-state index in [0.717, 1.165) is 12.0 Å². The molecule has 0 aliphatic carbocycles. The van der Waals surface area contributed by atoms with Gasteiger partial charge in [0.05, 0.1) is 12.8 Å². The van der Waals surface area contributed by atoms with Crippen LogP contribution < -0.4 is 10.6 Å². The summed E-state index contributed by atoms with van der Waals surface area (Å²) in [6.45, 7) is 6.77. The highest BCUT2D eigenvalue weighted by atomic mass is 32.1. The number of carbonyl (C=O) groups is 3. The van der Waals surface area contributed by atoms with Gasteiger partial charge in [-0.15, -0.1) is 11.3 Å². The van der Waals surface area contributed by atoms with E-state index in [4.69, 9.17) is 4.42 Å². The lowest BCUT2D eigenvalue weighted by molar-refractivity contribution is -0.142. The van der Waals surface area contributed by atoms with Crippen LogP contribution in [-0.4, -0.2) is 34.2 Å². The van der Waals surface area contributed by atoms with Gasteiger partial charge in [-0.1, -0.05) is 43.7 Å². The van der Waals surface area contributed by atoms with E-state index < -0.39 is 6.04 Å². The molecule has 3 amide bonds. The fraction of sp³-hybridized carbons (Fsp3) is 0.385. The Morgan fingerprint density at radius 1 is 1.11 bits per heavy atom. The number of rotatable bonds is 12. The highest BCUT2D eigenvalue weighted by Gasteiger charge is 2.32. The Morgan fingerprint density at radius 3 is 2.51 bits per heavy atom. The molecule has 0 bridgehead atoms. The zero-order valence-corrected chi connectivity index (χ0v) is 21.1. The minimum Gasteiger partial charge on any atom is -0.467 e. The van der Waals surface area contributed by atoms with Gasteiger partial charge in [0.1, 0.15) is 11.8 Å². The van der Waals surface area contributed by atoms with Gasteiger partial charge in [0.2, 0.25) is 17.7 Å². The van der Waals surface area contributed by atoms with Crippen LogP contribution in [0.1, 0.15) is 56.0 Å². The normalized spacial score (nSPS) is 11.8. The lowest BCUT2D eigenvalue weighted by atomic mass is 10.0. The Balaban J connectivity index is 1.82. The molecule has 2 heterocycles. The van der Waals surface area contributed by atoms with Crippen molar-refractivity contribution in [3.8, 4) is 0 Å². The van der Waals surface area contributed by atoms with Crippen molar-refractivity contribution in [1.82, 2.24) is 15.2 Å². The second-order valence-electron chi connectivity index (χ2n) is 8.77. The Bertz CT molecular complexity index is 1080. The van der Waals surface area contributed by atoms with Crippen LogP contribution >= 0.6 is 11.3 Å². The maximum Gasteiger partial charge on any atom is 0.247 e. The van der Waals surface area contributed by atoms with Crippen molar-refractivity contribution < 1.29 is 18.8 Å². The average Bonchev–Trinajstić information content (AvgIpc) is 3.52. The summed E-state index contributed by atoms with van der Waals surface area (Å²) >= 11 is 1.31. The maximum atomic E-state index is 13.5. The molecule has 3 aromatic rings. The SMILES string of the molecule is Cc1ccc([C@@H](C(=O)NCCC(C)C)N(Cc2ccco2)C(=O)CCC(=O)Nc2nccs2)cc1. The number of thiazole rings is 1. The van der Waals surface area contributed by atoms with Gasteiger partial charge in [-0.3, -0.25) is 14.4 Å². The van der Waals surface area contributed by atoms with Gasteiger partial charge in [0.15, 0.2) is 5.13 Å². The molecule has 9 heteroatoms. The number of hydrogen-bond acceptors (Lipinski definition) is 6. The molecule has 1 aromatic carbocycles. The van der Waals surface area contributed by atoms with Crippen molar-refractivity contribution in [1.29, 1.82) is 0 Å². The van der Waals surface area contributed by atoms with Crippen molar-refractivity contribution in [3.63, 3.8) is 0 Å². The van der Waals surface area contributed by atoms with Crippen LogP contribution in [0, 0.1) is 12.8 Å². The van der Waals surface area contributed by atoms with Gasteiger partial charge < -0.3 is 20.0 Å². The molecule has 0 radical (unpaired) electrons. The van der Waals surface area contributed by atoms with Crippen LogP contribution in [0.5, 0.6) is 0 Å². The highest BCUT2D eigenvalue weighted by molar-refractivity contribution is 7.13. The van der Waals surface area contributed by atoms with E-state index >= 15 is 0 Å². The summed E-state index contributed by atoms with van der Waals surface area (Å²) in [4.78, 5) is 44.8. The fourth-order valence-electron chi connectivity index (χ4n) is 3.53. The van der Waals surface area contributed by atoms with Gasteiger partial charge in [-0.2, -0.15) is 0 Å². The van der Waals surface area contributed by atoms with Crippen molar-refractivity contribution in [2.75, 3.05) is 11.9 Å². The summed E-state index contributed by atoms with van der Waals surface area (Å²) in [5.41, 5.74) is 1.75. The van der Waals surface area contributed by atoms with Gasteiger partial charge in [-0.05, 0) is 37.0 Å². The van der Waals surface area contributed by atoms with Crippen molar-refractivity contribution in [3.05, 3.63) is 71.1 Å². The van der Waals surface area contributed by atoms with E-state index in [1.807, 2.05) is 31.2 Å². The summed E-state index contributed by atoms with van der Waals surface area (Å²) in [6, 6.07) is 10.2. The molecule has 0 spiro atoms. The van der Waals surface area contributed by atoms with Crippen LogP contribution in [0.2, 0.25) is 0 Å². The van der Waals surface area contributed by atoms with E-state index in [1.165, 1.54) is 22.5 Å². The van der Waals surface area contributed by atoms with Crippen LogP contribution in [0.4, 0.5) is 5.13 Å². The number of anilines is 1. The number of nitrogens with one attached hydrogen (secondary N) is 2. The molecule has 0 fully saturated rings. The number of hydrogen-bond donors (Lipinski definition) is 2. The summed E-state index contributed by atoms with van der Waals surface area (Å²) in [5, 5.41) is 7.92. The van der Waals surface area contributed by atoms with Crippen molar-refractivity contribution in [2.24, 2.45) is 5.92 Å². The van der Waals surface area contributed by atoms with Gasteiger partial charge in [0, 0.05) is 31.0 Å². The highest BCUT2D eigenvalue weighted by Crippen LogP contribution is 2.26. The van der Waals surface area contributed by atoms with E-state index in [-0.39, 0.29) is 37.1 Å². The van der Waals surface area contributed by atoms with E-state index in [2.05, 4.69) is 29.5 Å². The molecule has 0 aliphatic heterocycles. The molecular weight excluding hydrogens is 464 g/mol. The third-order valence-corrected chi connectivity index (χ3v) is 6.13. The number of furan rings is 1. The first kappa shape index (κ1) is 26.2. The third-order valence-electron chi connectivity index (χ3n) is 5.45. The first-order chi connectivity index (χ1) is 16.8. The first-order valence-electron chi connectivity index (χ1n) is 11.7.